The highest BCUT2D eigenvalue weighted by Crippen LogP contribution is 2.25. The monoisotopic (exact) mass is 320 g/mol. The fraction of sp³-hybridized carbons (Fsp3) is 0.353. The number of aryl methyl sites for hydroxylation is 2. The SMILES string of the molecule is CCNC(CSc1ccc(Cl)cn1)c1cc(C)cc(C)c1. The van der Waals surface area contributed by atoms with E-state index in [9.17, 15) is 0 Å². The molecule has 1 N–H and O–H groups in total. The van der Waals surface area contributed by atoms with Crippen LogP contribution in [-0.2, 0) is 0 Å². The average molecular weight is 321 g/mol. The molecule has 1 aromatic carbocycles. The first-order valence-electron chi connectivity index (χ1n) is 7.14. The third-order valence-corrected chi connectivity index (χ3v) is 4.46. The van der Waals surface area contributed by atoms with Crippen molar-refractivity contribution in [2.24, 2.45) is 0 Å². The van der Waals surface area contributed by atoms with Crippen molar-refractivity contribution in [3.05, 3.63) is 58.2 Å². The number of halogens is 1. The van der Waals surface area contributed by atoms with Crippen LogP contribution in [0.5, 0.6) is 0 Å². The van der Waals surface area contributed by atoms with E-state index in [4.69, 9.17) is 11.6 Å². The minimum atomic E-state index is 0.330. The molecule has 1 aromatic heterocycles. The van der Waals surface area contributed by atoms with Crippen LogP contribution in [0.2, 0.25) is 5.02 Å². The van der Waals surface area contributed by atoms with Crippen molar-refractivity contribution in [1.29, 1.82) is 0 Å². The van der Waals surface area contributed by atoms with Gasteiger partial charge in [0.05, 0.1) is 10.0 Å². The maximum Gasteiger partial charge on any atom is 0.0961 e. The third kappa shape index (κ3) is 5.03. The number of hydrogen-bond donors (Lipinski definition) is 1. The van der Waals surface area contributed by atoms with Crippen molar-refractivity contribution in [1.82, 2.24) is 10.3 Å². The van der Waals surface area contributed by atoms with Crippen LogP contribution in [0.3, 0.4) is 0 Å². The molecule has 0 amide bonds. The van der Waals surface area contributed by atoms with Gasteiger partial charge in [0, 0.05) is 18.0 Å². The lowest BCUT2D eigenvalue weighted by atomic mass is 10.0. The molecule has 2 aromatic rings. The van der Waals surface area contributed by atoms with Gasteiger partial charge in [0.2, 0.25) is 0 Å². The zero-order chi connectivity index (χ0) is 15.2. The molecule has 0 aliphatic carbocycles. The zero-order valence-electron chi connectivity index (χ0n) is 12.7. The van der Waals surface area contributed by atoms with Crippen LogP contribution in [0.1, 0.15) is 29.7 Å². The molecule has 0 radical (unpaired) electrons. The highest BCUT2D eigenvalue weighted by molar-refractivity contribution is 7.99. The summed E-state index contributed by atoms with van der Waals surface area (Å²) in [5, 5.41) is 5.24. The molecule has 112 valence electrons. The lowest BCUT2D eigenvalue weighted by Crippen LogP contribution is -2.23. The number of benzene rings is 1. The minimum Gasteiger partial charge on any atom is -0.309 e. The average Bonchev–Trinajstić information content (AvgIpc) is 2.44. The fourth-order valence-electron chi connectivity index (χ4n) is 2.35. The van der Waals surface area contributed by atoms with E-state index in [0.717, 1.165) is 17.3 Å². The van der Waals surface area contributed by atoms with Crippen LogP contribution in [0.4, 0.5) is 0 Å². The van der Waals surface area contributed by atoms with Gasteiger partial charge in [-0.1, -0.05) is 47.9 Å². The maximum absolute atomic E-state index is 5.87. The summed E-state index contributed by atoms with van der Waals surface area (Å²) in [6.45, 7) is 7.38. The Morgan fingerprint density at radius 3 is 2.48 bits per heavy atom. The summed E-state index contributed by atoms with van der Waals surface area (Å²) < 4.78 is 0. The summed E-state index contributed by atoms with van der Waals surface area (Å²) in [6, 6.07) is 10.9. The Hall–Kier alpha value is -1.03. The zero-order valence-corrected chi connectivity index (χ0v) is 14.3. The molecule has 0 saturated heterocycles. The molecular weight excluding hydrogens is 300 g/mol. The summed E-state index contributed by atoms with van der Waals surface area (Å²) in [5.41, 5.74) is 3.96. The molecule has 2 nitrogen and oxygen atoms in total. The van der Waals surface area contributed by atoms with Gasteiger partial charge in [-0.2, -0.15) is 0 Å². The van der Waals surface area contributed by atoms with E-state index in [1.54, 1.807) is 18.0 Å². The Morgan fingerprint density at radius 2 is 1.90 bits per heavy atom. The molecule has 0 aliphatic heterocycles. The Labute approximate surface area is 136 Å². The van der Waals surface area contributed by atoms with Gasteiger partial charge in [0.25, 0.3) is 0 Å². The quantitative estimate of drug-likeness (QED) is 0.774. The molecule has 0 bridgehead atoms. The molecule has 1 heterocycles. The Bertz CT molecular complexity index is 564. The smallest absolute Gasteiger partial charge is 0.0961 e. The van der Waals surface area contributed by atoms with Crippen molar-refractivity contribution in [3.63, 3.8) is 0 Å². The second-order valence-corrected chi connectivity index (χ2v) is 6.63. The van der Waals surface area contributed by atoms with Crippen molar-refractivity contribution in [3.8, 4) is 0 Å². The van der Waals surface area contributed by atoms with Crippen LogP contribution in [-0.4, -0.2) is 17.3 Å². The summed E-state index contributed by atoms with van der Waals surface area (Å²) >= 11 is 7.62. The number of thioether (sulfide) groups is 1. The Balaban J connectivity index is 2.09. The van der Waals surface area contributed by atoms with Crippen LogP contribution in [0, 0.1) is 13.8 Å². The van der Waals surface area contributed by atoms with Gasteiger partial charge in [-0.3, -0.25) is 0 Å². The molecule has 0 fully saturated rings. The second-order valence-electron chi connectivity index (χ2n) is 5.16. The molecule has 0 aliphatic rings. The van der Waals surface area contributed by atoms with Gasteiger partial charge >= 0.3 is 0 Å². The summed E-state index contributed by atoms with van der Waals surface area (Å²) in [4.78, 5) is 4.34. The van der Waals surface area contributed by atoms with E-state index in [1.165, 1.54) is 16.7 Å². The largest absolute Gasteiger partial charge is 0.309 e. The van der Waals surface area contributed by atoms with E-state index in [2.05, 4.69) is 49.3 Å². The molecule has 0 spiro atoms. The number of nitrogens with one attached hydrogen (secondary N) is 1. The van der Waals surface area contributed by atoms with Crippen molar-refractivity contribution >= 4 is 23.4 Å². The second kappa shape index (κ2) is 7.83. The van der Waals surface area contributed by atoms with Gasteiger partial charge in [-0.25, -0.2) is 4.98 Å². The van der Waals surface area contributed by atoms with Gasteiger partial charge in [-0.05, 0) is 38.1 Å². The molecule has 2 rings (SSSR count). The molecule has 0 saturated carbocycles. The maximum atomic E-state index is 5.87. The molecule has 1 unspecified atom stereocenters. The highest BCUT2D eigenvalue weighted by atomic mass is 35.5. The van der Waals surface area contributed by atoms with Gasteiger partial charge in [0.15, 0.2) is 0 Å². The highest BCUT2D eigenvalue weighted by Gasteiger charge is 2.12. The van der Waals surface area contributed by atoms with E-state index >= 15 is 0 Å². The van der Waals surface area contributed by atoms with Crippen LogP contribution in [0.15, 0.2) is 41.6 Å². The van der Waals surface area contributed by atoms with Crippen LogP contribution < -0.4 is 5.32 Å². The van der Waals surface area contributed by atoms with Crippen molar-refractivity contribution in [2.75, 3.05) is 12.3 Å². The Kier molecular flexibility index (Phi) is 6.09. The first-order valence-corrected chi connectivity index (χ1v) is 8.50. The molecular formula is C17H21ClN2S. The number of hydrogen-bond acceptors (Lipinski definition) is 3. The van der Waals surface area contributed by atoms with Crippen LogP contribution >= 0.6 is 23.4 Å². The molecule has 4 heteroatoms. The summed E-state index contributed by atoms with van der Waals surface area (Å²) in [6.07, 6.45) is 1.70. The van der Waals surface area contributed by atoms with Gasteiger partial charge in [-0.15, -0.1) is 11.8 Å². The van der Waals surface area contributed by atoms with Crippen molar-refractivity contribution in [2.45, 2.75) is 31.8 Å². The molecule has 1 atom stereocenters. The van der Waals surface area contributed by atoms with Gasteiger partial charge < -0.3 is 5.32 Å². The Morgan fingerprint density at radius 1 is 1.19 bits per heavy atom. The molecule has 21 heavy (non-hydrogen) atoms. The topological polar surface area (TPSA) is 24.9 Å². The normalized spacial score (nSPS) is 12.4. The summed E-state index contributed by atoms with van der Waals surface area (Å²) in [5.74, 6) is 0.950. The lowest BCUT2D eigenvalue weighted by Gasteiger charge is -2.19. The number of rotatable bonds is 6. The predicted molar refractivity (Wildman–Crippen MR) is 92.3 cm³/mol. The number of nitrogens with zero attached hydrogens (tertiary/aromatic N) is 1. The van der Waals surface area contributed by atoms with Crippen molar-refractivity contribution < 1.29 is 0 Å². The predicted octanol–water partition coefficient (Wildman–Crippen LogP) is 4.79. The number of pyridine rings is 1. The third-order valence-electron chi connectivity index (χ3n) is 3.20. The number of aromatic nitrogens is 1. The standard InChI is InChI=1S/C17H21ClN2S/c1-4-19-16(14-8-12(2)7-13(3)9-14)11-21-17-6-5-15(18)10-20-17/h5-10,16,19H,4,11H2,1-3H3. The van der Waals surface area contributed by atoms with E-state index in [-0.39, 0.29) is 0 Å². The van der Waals surface area contributed by atoms with Crippen LogP contribution in [0.25, 0.3) is 0 Å². The first-order chi connectivity index (χ1) is 10.1. The first kappa shape index (κ1) is 16.3. The lowest BCUT2D eigenvalue weighted by molar-refractivity contribution is 0.605. The summed E-state index contributed by atoms with van der Waals surface area (Å²) in [7, 11) is 0. The van der Waals surface area contributed by atoms with E-state index in [0.29, 0.717) is 11.1 Å². The minimum absolute atomic E-state index is 0.330. The fourth-order valence-corrected chi connectivity index (χ4v) is 3.40. The van der Waals surface area contributed by atoms with E-state index in [1.807, 2.05) is 12.1 Å². The van der Waals surface area contributed by atoms with Gasteiger partial charge in [0.1, 0.15) is 0 Å². The van der Waals surface area contributed by atoms with E-state index < -0.39 is 0 Å².